The summed E-state index contributed by atoms with van der Waals surface area (Å²) in [4.78, 5) is 0. The minimum atomic E-state index is 0.554. The van der Waals surface area contributed by atoms with E-state index in [1.165, 1.54) is 5.56 Å². The van der Waals surface area contributed by atoms with E-state index in [1.54, 1.807) is 0 Å². The quantitative estimate of drug-likeness (QED) is 0.818. The molecule has 0 aliphatic heterocycles. The van der Waals surface area contributed by atoms with Crippen LogP contribution in [0.4, 0.5) is 0 Å². The molecule has 0 aliphatic carbocycles. The van der Waals surface area contributed by atoms with Crippen LogP contribution < -0.4 is 4.74 Å². The Morgan fingerprint density at radius 3 is 2.42 bits per heavy atom. The van der Waals surface area contributed by atoms with Crippen LogP contribution in [-0.4, -0.2) is 9.78 Å². The van der Waals surface area contributed by atoms with Crippen LogP contribution in [0.1, 0.15) is 43.6 Å². The van der Waals surface area contributed by atoms with Gasteiger partial charge in [0.25, 0.3) is 0 Å². The first-order valence-electron chi connectivity index (χ1n) is 6.84. The standard InChI is InChI=1S/C16H22N2O/c1-5-14-10-15(18(4)17-14)11-19-16-8-6-13(7-9-16)12(2)3/h6-10,12H,5,11H2,1-4H3. The van der Waals surface area contributed by atoms with E-state index in [-0.39, 0.29) is 0 Å². The van der Waals surface area contributed by atoms with Crippen molar-refractivity contribution in [1.29, 1.82) is 0 Å². The molecule has 19 heavy (non-hydrogen) atoms. The lowest BCUT2D eigenvalue weighted by Gasteiger charge is -2.09. The third kappa shape index (κ3) is 3.37. The number of ether oxygens (including phenoxy) is 1. The number of rotatable bonds is 5. The fraction of sp³-hybridized carbons (Fsp3) is 0.438. The molecular weight excluding hydrogens is 236 g/mol. The van der Waals surface area contributed by atoms with Crippen molar-refractivity contribution in [1.82, 2.24) is 9.78 Å². The van der Waals surface area contributed by atoms with E-state index >= 15 is 0 Å². The Morgan fingerprint density at radius 2 is 1.89 bits per heavy atom. The lowest BCUT2D eigenvalue weighted by molar-refractivity contribution is 0.295. The van der Waals surface area contributed by atoms with Gasteiger partial charge in [-0.2, -0.15) is 5.10 Å². The molecule has 102 valence electrons. The zero-order valence-corrected chi connectivity index (χ0v) is 12.2. The highest BCUT2D eigenvalue weighted by molar-refractivity contribution is 5.29. The third-order valence-electron chi connectivity index (χ3n) is 3.32. The van der Waals surface area contributed by atoms with E-state index in [0.29, 0.717) is 12.5 Å². The molecular formula is C16H22N2O. The molecule has 0 bridgehead atoms. The summed E-state index contributed by atoms with van der Waals surface area (Å²) in [5.74, 6) is 1.46. The molecule has 3 nitrogen and oxygen atoms in total. The van der Waals surface area contributed by atoms with Gasteiger partial charge in [0.1, 0.15) is 12.4 Å². The Bertz CT molecular complexity index is 526. The largest absolute Gasteiger partial charge is 0.487 e. The van der Waals surface area contributed by atoms with E-state index in [2.05, 4.69) is 44.1 Å². The minimum absolute atomic E-state index is 0.554. The van der Waals surface area contributed by atoms with Crippen LogP contribution in [0, 0.1) is 0 Å². The van der Waals surface area contributed by atoms with Gasteiger partial charge < -0.3 is 4.74 Å². The SMILES string of the molecule is CCc1cc(COc2ccc(C(C)C)cc2)n(C)n1. The van der Waals surface area contributed by atoms with Crippen LogP contribution in [0.15, 0.2) is 30.3 Å². The fourth-order valence-corrected chi connectivity index (χ4v) is 1.99. The van der Waals surface area contributed by atoms with Gasteiger partial charge in [-0.15, -0.1) is 0 Å². The molecule has 0 spiro atoms. The van der Waals surface area contributed by atoms with Crippen molar-refractivity contribution in [3.05, 3.63) is 47.3 Å². The minimum Gasteiger partial charge on any atom is -0.487 e. The number of benzene rings is 1. The maximum atomic E-state index is 5.80. The number of hydrogen-bond donors (Lipinski definition) is 0. The van der Waals surface area contributed by atoms with Crippen molar-refractivity contribution in [3.63, 3.8) is 0 Å². The number of aryl methyl sites for hydroxylation is 2. The van der Waals surface area contributed by atoms with Crippen LogP contribution >= 0.6 is 0 Å². The first-order chi connectivity index (χ1) is 9.10. The van der Waals surface area contributed by atoms with Gasteiger partial charge >= 0.3 is 0 Å². The van der Waals surface area contributed by atoms with Gasteiger partial charge in [-0.05, 0) is 36.1 Å². The van der Waals surface area contributed by atoms with Crippen LogP contribution in [0.3, 0.4) is 0 Å². The average molecular weight is 258 g/mol. The molecule has 0 N–H and O–H groups in total. The Kier molecular flexibility index (Phi) is 4.25. The maximum absolute atomic E-state index is 5.80. The molecule has 0 unspecified atom stereocenters. The highest BCUT2D eigenvalue weighted by Gasteiger charge is 2.05. The summed E-state index contributed by atoms with van der Waals surface area (Å²) < 4.78 is 7.69. The topological polar surface area (TPSA) is 27.1 Å². The molecule has 0 atom stereocenters. The fourth-order valence-electron chi connectivity index (χ4n) is 1.99. The highest BCUT2D eigenvalue weighted by atomic mass is 16.5. The summed E-state index contributed by atoms with van der Waals surface area (Å²) in [6, 6.07) is 10.4. The van der Waals surface area contributed by atoms with Crippen molar-refractivity contribution in [2.75, 3.05) is 0 Å². The summed E-state index contributed by atoms with van der Waals surface area (Å²) in [5, 5.41) is 4.42. The number of hydrogen-bond acceptors (Lipinski definition) is 2. The summed E-state index contributed by atoms with van der Waals surface area (Å²) >= 11 is 0. The van der Waals surface area contributed by atoms with Crippen LogP contribution in [-0.2, 0) is 20.1 Å². The molecule has 0 radical (unpaired) electrons. The molecule has 2 rings (SSSR count). The molecule has 2 aromatic rings. The molecule has 0 saturated carbocycles. The van der Waals surface area contributed by atoms with Gasteiger partial charge in [-0.25, -0.2) is 0 Å². The molecule has 1 aromatic heterocycles. The van der Waals surface area contributed by atoms with Gasteiger partial charge in [0.2, 0.25) is 0 Å². The van der Waals surface area contributed by atoms with Crippen molar-refractivity contribution < 1.29 is 4.74 Å². The third-order valence-corrected chi connectivity index (χ3v) is 3.32. The average Bonchev–Trinajstić information content (AvgIpc) is 2.77. The van der Waals surface area contributed by atoms with Crippen molar-refractivity contribution in [3.8, 4) is 5.75 Å². The number of nitrogens with zero attached hydrogens (tertiary/aromatic N) is 2. The predicted molar refractivity (Wildman–Crippen MR) is 77.4 cm³/mol. The first-order valence-corrected chi connectivity index (χ1v) is 6.84. The van der Waals surface area contributed by atoms with Gasteiger partial charge in [0, 0.05) is 7.05 Å². The van der Waals surface area contributed by atoms with Crippen molar-refractivity contribution in [2.45, 2.75) is 39.7 Å². The lowest BCUT2D eigenvalue weighted by Crippen LogP contribution is -2.03. The molecule has 0 aliphatic rings. The van der Waals surface area contributed by atoms with E-state index in [9.17, 15) is 0 Å². The normalized spacial score (nSPS) is 11.0. The highest BCUT2D eigenvalue weighted by Crippen LogP contribution is 2.19. The molecule has 0 fully saturated rings. The second-order valence-electron chi connectivity index (χ2n) is 5.12. The van der Waals surface area contributed by atoms with Crippen molar-refractivity contribution in [2.24, 2.45) is 7.05 Å². The lowest BCUT2D eigenvalue weighted by atomic mass is 10.0. The van der Waals surface area contributed by atoms with E-state index < -0.39 is 0 Å². The zero-order chi connectivity index (χ0) is 13.8. The van der Waals surface area contributed by atoms with Crippen LogP contribution in [0.25, 0.3) is 0 Å². The van der Waals surface area contributed by atoms with Gasteiger partial charge in [0.15, 0.2) is 0 Å². The van der Waals surface area contributed by atoms with Gasteiger partial charge in [-0.3, -0.25) is 4.68 Å². The predicted octanol–water partition coefficient (Wildman–Crippen LogP) is 3.68. The monoisotopic (exact) mass is 258 g/mol. The van der Waals surface area contributed by atoms with Gasteiger partial charge in [0.05, 0.1) is 11.4 Å². The van der Waals surface area contributed by atoms with E-state index in [4.69, 9.17) is 4.74 Å². The molecule has 1 heterocycles. The van der Waals surface area contributed by atoms with E-state index in [0.717, 1.165) is 23.6 Å². The second-order valence-corrected chi connectivity index (χ2v) is 5.12. The number of aromatic nitrogens is 2. The van der Waals surface area contributed by atoms with Crippen LogP contribution in [0.2, 0.25) is 0 Å². The Balaban J connectivity index is 1.99. The summed E-state index contributed by atoms with van der Waals surface area (Å²) in [6.07, 6.45) is 0.955. The summed E-state index contributed by atoms with van der Waals surface area (Å²) in [5.41, 5.74) is 3.54. The maximum Gasteiger partial charge on any atom is 0.130 e. The smallest absolute Gasteiger partial charge is 0.130 e. The molecule has 0 saturated heterocycles. The molecule has 3 heteroatoms. The zero-order valence-electron chi connectivity index (χ0n) is 12.2. The van der Waals surface area contributed by atoms with E-state index in [1.807, 2.05) is 23.9 Å². The van der Waals surface area contributed by atoms with Crippen LogP contribution in [0.5, 0.6) is 5.75 Å². The molecule has 0 amide bonds. The first kappa shape index (κ1) is 13.7. The Hall–Kier alpha value is -1.77. The molecule has 1 aromatic carbocycles. The van der Waals surface area contributed by atoms with Crippen molar-refractivity contribution >= 4 is 0 Å². The summed E-state index contributed by atoms with van der Waals surface area (Å²) in [6.45, 7) is 7.05. The Morgan fingerprint density at radius 1 is 1.21 bits per heavy atom. The van der Waals surface area contributed by atoms with Gasteiger partial charge in [-0.1, -0.05) is 32.9 Å². The summed E-state index contributed by atoms with van der Waals surface area (Å²) in [7, 11) is 1.96. The second kappa shape index (κ2) is 5.91. The Labute approximate surface area is 115 Å².